The lowest BCUT2D eigenvalue weighted by atomic mass is 10.0. The average molecular weight is 354 g/mol. The summed E-state index contributed by atoms with van der Waals surface area (Å²) in [5.41, 5.74) is 6.74. The summed E-state index contributed by atoms with van der Waals surface area (Å²) in [6.07, 6.45) is -6.08. The zero-order chi connectivity index (χ0) is 18.4. The molecule has 2 aromatic rings. The molecule has 0 saturated heterocycles. The topological polar surface area (TPSA) is 84.6 Å². The minimum atomic E-state index is -4.83. The van der Waals surface area contributed by atoms with Crippen molar-refractivity contribution in [1.29, 1.82) is 0 Å². The Balaban J connectivity index is 1.97. The van der Waals surface area contributed by atoms with E-state index in [2.05, 4.69) is 10.1 Å². The molecule has 2 aromatic carbocycles. The van der Waals surface area contributed by atoms with Gasteiger partial charge in [0.25, 0.3) is 5.91 Å². The molecule has 2 rings (SSSR count). The molecule has 0 fully saturated rings. The Bertz CT molecular complexity index is 708. The standard InChI is InChI=1S/C17H17F3N2O3/c18-17(19,20)25-13-8-4-7-12(10-13)22-16(24)15(23)14(21)9-11-5-2-1-3-6-11/h1-8,10,14-15,23H,9,21H2,(H,22,24)/t14-,15+/m1/s1. The molecular formula is C17H17F3N2O3. The van der Waals surface area contributed by atoms with E-state index in [1.54, 1.807) is 12.1 Å². The van der Waals surface area contributed by atoms with E-state index < -0.39 is 30.2 Å². The van der Waals surface area contributed by atoms with Gasteiger partial charge in [0.2, 0.25) is 0 Å². The van der Waals surface area contributed by atoms with Crippen molar-refractivity contribution >= 4 is 11.6 Å². The minimum absolute atomic E-state index is 0.0534. The van der Waals surface area contributed by atoms with E-state index in [4.69, 9.17) is 5.73 Å². The molecule has 5 nitrogen and oxygen atoms in total. The first-order valence-corrected chi connectivity index (χ1v) is 7.39. The van der Waals surface area contributed by atoms with Crippen molar-refractivity contribution in [1.82, 2.24) is 0 Å². The minimum Gasteiger partial charge on any atom is -0.406 e. The number of carbonyl (C=O) groups excluding carboxylic acids is 1. The molecule has 0 bridgehead atoms. The summed E-state index contributed by atoms with van der Waals surface area (Å²) in [6, 6.07) is 12.9. The van der Waals surface area contributed by atoms with Gasteiger partial charge in [-0.05, 0) is 24.1 Å². The summed E-state index contributed by atoms with van der Waals surface area (Å²) in [5.74, 6) is -1.29. The number of benzene rings is 2. The maximum atomic E-state index is 12.2. The van der Waals surface area contributed by atoms with Crippen LogP contribution < -0.4 is 15.8 Å². The zero-order valence-electron chi connectivity index (χ0n) is 13.0. The van der Waals surface area contributed by atoms with E-state index in [-0.39, 0.29) is 12.1 Å². The average Bonchev–Trinajstić information content (AvgIpc) is 2.53. The number of aliphatic hydroxyl groups excluding tert-OH is 1. The fourth-order valence-electron chi connectivity index (χ4n) is 2.18. The number of carbonyl (C=O) groups is 1. The number of hydrogen-bond acceptors (Lipinski definition) is 4. The predicted molar refractivity (Wildman–Crippen MR) is 85.9 cm³/mol. The van der Waals surface area contributed by atoms with Gasteiger partial charge in [0.1, 0.15) is 11.9 Å². The quantitative estimate of drug-likeness (QED) is 0.744. The van der Waals surface area contributed by atoms with Crippen LogP contribution in [0.2, 0.25) is 0 Å². The highest BCUT2D eigenvalue weighted by Crippen LogP contribution is 2.25. The molecule has 0 saturated carbocycles. The van der Waals surface area contributed by atoms with Crippen molar-refractivity contribution < 1.29 is 27.8 Å². The molecular weight excluding hydrogens is 337 g/mol. The number of anilines is 1. The molecule has 0 unspecified atom stereocenters. The van der Waals surface area contributed by atoms with E-state index >= 15 is 0 Å². The van der Waals surface area contributed by atoms with Gasteiger partial charge in [0.15, 0.2) is 0 Å². The molecule has 1 amide bonds. The molecule has 134 valence electrons. The molecule has 0 aromatic heterocycles. The van der Waals surface area contributed by atoms with Crippen LogP contribution in [0, 0.1) is 0 Å². The molecule has 0 aliphatic rings. The molecule has 0 heterocycles. The van der Waals surface area contributed by atoms with Gasteiger partial charge in [0, 0.05) is 17.8 Å². The van der Waals surface area contributed by atoms with E-state index in [9.17, 15) is 23.1 Å². The van der Waals surface area contributed by atoms with Crippen LogP contribution >= 0.6 is 0 Å². The summed E-state index contributed by atoms with van der Waals surface area (Å²) in [6.45, 7) is 0. The lowest BCUT2D eigenvalue weighted by Crippen LogP contribution is -2.44. The predicted octanol–water partition coefficient (Wildman–Crippen LogP) is 2.45. The van der Waals surface area contributed by atoms with Gasteiger partial charge in [-0.1, -0.05) is 36.4 Å². The van der Waals surface area contributed by atoms with Gasteiger partial charge in [-0.2, -0.15) is 0 Å². The number of aliphatic hydroxyl groups is 1. The van der Waals surface area contributed by atoms with Crippen molar-refractivity contribution in [2.24, 2.45) is 5.73 Å². The number of amides is 1. The highest BCUT2D eigenvalue weighted by atomic mass is 19.4. The second kappa shape index (κ2) is 8.00. The van der Waals surface area contributed by atoms with Crippen molar-refractivity contribution in [3.8, 4) is 5.75 Å². The van der Waals surface area contributed by atoms with Crippen molar-refractivity contribution in [3.05, 3.63) is 60.2 Å². The SMILES string of the molecule is N[C@H](Cc1ccccc1)[C@H](O)C(=O)Nc1cccc(OC(F)(F)F)c1. The summed E-state index contributed by atoms with van der Waals surface area (Å²) in [7, 11) is 0. The van der Waals surface area contributed by atoms with Gasteiger partial charge in [-0.3, -0.25) is 4.79 Å². The largest absolute Gasteiger partial charge is 0.573 e. The molecule has 4 N–H and O–H groups in total. The Kier molecular flexibility index (Phi) is 6.00. The Morgan fingerprint density at radius 1 is 1.16 bits per heavy atom. The number of nitrogens with two attached hydrogens (primary N) is 1. The molecule has 25 heavy (non-hydrogen) atoms. The van der Waals surface area contributed by atoms with Crippen LogP contribution in [0.1, 0.15) is 5.56 Å². The highest BCUT2D eigenvalue weighted by molar-refractivity contribution is 5.94. The first kappa shape index (κ1) is 18.8. The maximum absolute atomic E-state index is 12.2. The van der Waals surface area contributed by atoms with Gasteiger partial charge < -0.3 is 20.9 Å². The Hall–Kier alpha value is -2.58. The fraction of sp³-hybridized carbons (Fsp3) is 0.235. The zero-order valence-corrected chi connectivity index (χ0v) is 13.0. The van der Waals surface area contributed by atoms with Gasteiger partial charge >= 0.3 is 6.36 Å². The molecule has 0 spiro atoms. The van der Waals surface area contributed by atoms with Crippen LogP contribution in [0.4, 0.5) is 18.9 Å². The van der Waals surface area contributed by atoms with Crippen LogP contribution in [-0.4, -0.2) is 29.5 Å². The van der Waals surface area contributed by atoms with Crippen LogP contribution in [0.15, 0.2) is 54.6 Å². The lowest BCUT2D eigenvalue weighted by molar-refractivity contribution is -0.274. The van der Waals surface area contributed by atoms with Crippen molar-refractivity contribution in [3.63, 3.8) is 0 Å². The first-order valence-electron chi connectivity index (χ1n) is 7.39. The first-order chi connectivity index (χ1) is 11.7. The van der Waals surface area contributed by atoms with Gasteiger partial charge in [-0.25, -0.2) is 0 Å². The molecule has 0 aliphatic heterocycles. The fourth-order valence-corrected chi connectivity index (χ4v) is 2.18. The third kappa shape index (κ3) is 6.09. The van der Waals surface area contributed by atoms with Gasteiger partial charge in [0.05, 0.1) is 0 Å². The Labute approximate surface area is 142 Å². The number of nitrogens with one attached hydrogen (secondary N) is 1. The number of rotatable bonds is 6. The normalized spacial score (nSPS) is 13.8. The second-order valence-corrected chi connectivity index (χ2v) is 5.36. The van der Waals surface area contributed by atoms with E-state index in [0.29, 0.717) is 0 Å². The Morgan fingerprint density at radius 3 is 2.48 bits per heavy atom. The van der Waals surface area contributed by atoms with E-state index in [1.807, 2.05) is 18.2 Å². The second-order valence-electron chi connectivity index (χ2n) is 5.36. The number of ether oxygens (including phenoxy) is 1. The summed E-state index contributed by atoms with van der Waals surface area (Å²) >= 11 is 0. The van der Waals surface area contributed by atoms with Gasteiger partial charge in [-0.15, -0.1) is 13.2 Å². The number of hydrogen-bond donors (Lipinski definition) is 3. The Morgan fingerprint density at radius 2 is 1.84 bits per heavy atom. The molecule has 2 atom stereocenters. The third-order valence-electron chi connectivity index (χ3n) is 3.32. The highest BCUT2D eigenvalue weighted by Gasteiger charge is 2.31. The maximum Gasteiger partial charge on any atom is 0.573 e. The van der Waals surface area contributed by atoms with Crippen LogP contribution in [0.5, 0.6) is 5.75 Å². The monoisotopic (exact) mass is 354 g/mol. The van der Waals surface area contributed by atoms with Crippen LogP contribution in [0.25, 0.3) is 0 Å². The van der Waals surface area contributed by atoms with Crippen LogP contribution in [-0.2, 0) is 11.2 Å². The molecule has 8 heteroatoms. The summed E-state index contributed by atoms with van der Waals surface area (Å²) in [5, 5.41) is 12.3. The van der Waals surface area contributed by atoms with Crippen LogP contribution in [0.3, 0.4) is 0 Å². The molecule has 0 aliphatic carbocycles. The van der Waals surface area contributed by atoms with Crippen molar-refractivity contribution in [2.45, 2.75) is 24.9 Å². The lowest BCUT2D eigenvalue weighted by Gasteiger charge is -2.19. The number of halogens is 3. The summed E-state index contributed by atoms with van der Waals surface area (Å²) < 4.78 is 40.4. The van der Waals surface area contributed by atoms with E-state index in [0.717, 1.165) is 17.7 Å². The number of alkyl halides is 3. The molecule has 0 radical (unpaired) electrons. The van der Waals surface area contributed by atoms with E-state index in [1.165, 1.54) is 12.1 Å². The van der Waals surface area contributed by atoms with Crippen molar-refractivity contribution in [2.75, 3.05) is 5.32 Å². The third-order valence-corrected chi connectivity index (χ3v) is 3.32. The smallest absolute Gasteiger partial charge is 0.406 e. The summed E-state index contributed by atoms with van der Waals surface area (Å²) in [4.78, 5) is 12.0.